The molecule has 0 spiro atoms. The van der Waals surface area contributed by atoms with Crippen molar-refractivity contribution >= 4 is 34.8 Å². The molecular weight excluding hydrogens is 414 g/mol. The number of carbonyl (C=O) groups excluding carboxylic acids is 1. The van der Waals surface area contributed by atoms with Gasteiger partial charge in [0.15, 0.2) is 0 Å². The number of aromatic nitrogens is 2. The number of nitrogens with one attached hydrogen (secondary N) is 1. The molecule has 0 unspecified atom stereocenters. The first-order chi connectivity index (χ1) is 15.7. The van der Waals surface area contributed by atoms with Gasteiger partial charge in [0.1, 0.15) is 5.82 Å². The maximum Gasteiger partial charge on any atom is 0.244 e. The molecule has 4 nitrogen and oxygen atoms in total. The molecule has 0 aliphatic carbocycles. The van der Waals surface area contributed by atoms with Crippen molar-refractivity contribution in [1.82, 2.24) is 14.9 Å². The summed E-state index contributed by atoms with van der Waals surface area (Å²) in [5.74, 6) is 1.71. The highest BCUT2D eigenvalue weighted by Crippen LogP contribution is 2.25. The van der Waals surface area contributed by atoms with Crippen molar-refractivity contribution in [1.29, 1.82) is 0 Å². The Bertz CT molecular complexity index is 1190. The van der Waals surface area contributed by atoms with Crippen LogP contribution in [-0.4, -0.2) is 27.5 Å². The summed E-state index contributed by atoms with van der Waals surface area (Å²) in [6, 6.07) is 28.2. The van der Waals surface area contributed by atoms with Crippen LogP contribution < -0.4 is 5.32 Å². The lowest BCUT2D eigenvalue weighted by atomic mass is 10.1. The van der Waals surface area contributed by atoms with Crippen LogP contribution in [0.25, 0.3) is 17.1 Å². The van der Waals surface area contributed by atoms with Crippen LogP contribution >= 0.6 is 11.8 Å². The van der Waals surface area contributed by atoms with Crippen LogP contribution in [0.4, 0.5) is 0 Å². The molecule has 4 aromatic rings. The van der Waals surface area contributed by atoms with E-state index in [-0.39, 0.29) is 11.9 Å². The lowest BCUT2D eigenvalue weighted by Gasteiger charge is -2.19. The predicted octanol–water partition coefficient (Wildman–Crippen LogP) is 5.71. The molecular formula is C27H27N3OS. The molecule has 0 aliphatic heterocycles. The molecule has 162 valence electrons. The summed E-state index contributed by atoms with van der Waals surface area (Å²) in [6.45, 7) is 0.710. The normalized spacial score (nSPS) is 12.3. The summed E-state index contributed by atoms with van der Waals surface area (Å²) >= 11 is 1.77. The van der Waals surface area contributed by atoms with E-state index in [2.05, 4.69) is 46.5 Å². The van der Waals surface area contributed by atoms with Gasteiger partial charge in [-0.05, 0) is 47.8 Å². The zero-order valence-corrected chi connectivity index (χ0v) is 19.0. The quantitative estimate of drug-likeness (QED) is 0.339. The van der Waals surface area contributed by atoms with Crippen LogP contribution in [0.15, 0.2) is 91.0 Å². The SMILES string of the molecule is CSCC[C@H](NC(=O)/C=C\c1ccccc1)c1nc2ccccc2n1Cc1ccccc1. The van der Waals surface area contributed by atoms with Gasteiger partial charge in [0.25, 0.3) is 0 Å². The second-order valence-corrected chi connectivity index (χ2v) is 8.60. The fourth-order valence-electron chi connectivity index (χ4n) is 3.75. The topological polar surface area (TPSA) is 46.9 Å². The lowest BCUT2D eigenvalue weighted by molar-refractivity contribution is -0.117. The van der Waals surface area contributed by atoms with Crippen LogP contribution in [0.2, 0.25) is 0 Å². The maximum atomic E-state index is 12.8. The van der Waals surface area contributed by atoms with Gasteiger partial charge in [-0.1, -0.05) is 72.8 Å². The Morgan fingerprint density at radius 1 is 1.00 bits per heavy atom. The van der Waals surface area contributed by atoms with E-state index < -0.39 is 0 Å². The summed E-state index contributed by atoms with van der Waals surface area (Å²) in [7, 11) is 0. The number of thioether (sulfide) groups is 1. The fraction of sp³-hybridized carbons (Fsp3) is 0.185. The van der Waals surface area contributed by atoms with Gasteiger partial charge in [-0.15, -0.1) is 0 Å². The van der Waals surface area contributed by atoms with Crippen molar-refractivity contribution < 1.29 is 4.79 Å². The van der Waals surface area contributed by atoms with Crippen molar-refractivity contribution in [2.75, 3.05) is 12.0 Å². The monoisotopic (exact) mass is 441 g/mol. The van der Waals surface area contributed by atoms with E-state index in [9.17, 15) is 4.79 Å². The number of imidazole rings is 1. The van der Waals surface area contributed by atoms with Gasteiger partial charge >= 0.3 is 0 Å². The molecule has 0 bridgehead atoms. The minimum absolute atomic E-state index is 0.113. The molecule has 1 aromatic heterocycles. The van der Waals surface area contributed by atoms with Crippen molar-refractivity contribution in [2.24, 2.45) is 0 Å². The highest BCUT2D eigenvalue weighted by Gasteiger charge is 2.21. The molecule has 32 heavy (non-hydrogen) atoms. The molecule has 0 saturated heterocycles. The Hall–Kier alpha value is -3.31. The van der Waals surface area contributed by atoms with Crippen LogP contribution in [0.3, 0.4) is 0 Å². The van der Waals surface area contributed by atoms with Gasteiger partial charge in [0, 0.05) is 12.6 Å². The number of para-hydroxylation sites is 2. The molecule has 0 aliphatic rings. The van der Waals surface area contributed by atoms with E-state index in [1.54, 1.807) is 17.8 Å². The second kappa shape index (κ2) is 10.8. The van der Waals surface area contributed by atoms with Crippen LogP contribution in [-0.2, 0) is 11.3 Å². The van der Waals surface area contributed by atoms with Crippen molar-refractivity contribution in [3.05, 3.63) is 108 Å². The molecule has 0 saturated carbocycles. The minimum atomic E-state index is -0.175. The second-order valence-electron chi connectivity index (χ2n) is 7.62. The number of fused-ring (bicyclic) bond motifs is 1. The molecule has 1 heterocycles. The lowest BCUT2D eigenvalue weighted by Crippen LogP contribution is -2.30. The van der Waals surface area contributed by atoms with E-state index in [0.29, 0.717) is 6.54 Å². The first-order valence-corrected chi connectivity index (χ1v) is 12.2. The van der Waals surface area contributed by atoms with Crippen molar-refractivity contribution in [3.8, 4) is 0 Å². The zero-order chi connectivity index (χ0) is 22.2. The average Bonchev–Trinajstić information content (AvgIpc) is 3.20. The first-order valence-electron chi connectivity index (χ1n) is 10.8. The Morgan fingerprint density at radius 2 is 1.69 bits per heavy atom. The van der Waals surface area contributed by atoms with Crippen LogP contribution in [0, 0.1) is 0 Å². The molecule has 0 fully saturated rings. The van der Waals surface area contributed by atoms with Gasteiger partial charge in [0.2, 0.25) is 5.91 Å². The largest absolute Gasteiger partial charge is 0.343 e. The third kappa shape index (κ3) is 5.48. The third-order valence-electron chi connectivity index (χ3n) is 5.33. The standard InChI is InChI=1S/C27H27N3OS/c1-32-19-18-24(28-26(31)17-16-21-10-4-2-5-11-21)27-29-23-14-8-9-15-25(23)30(27)20-22-12-6-3-7-13-22/h2-17,24H,18-20H2,1H3,(H,28,31)/b17-16-/t24-/m0/s1. The fourth-order valence-corrected chi connectivity index (χ4v) is 4.22. The number of hydrogen-bond donors (Lipinski definition) is 1. The molecule has 1 amide bonds. The Morgan fingerprint density at radius 3 is 2.44 bits per heavy atom. The summed E-state index contributed by atoms with van der Waals surface area (Å²) in [5, 5.41) is 3.20. The number of hydrogen-bond acceptors (Lipinski definition) is 3. The van der Waals surface area contributed by atoms with Gasteiger partial charge in [-0.25, -0.2) is 4.98 Å². The molecule has 5 heteroatoms. The van der Waals surface area contributed by atoms with Crippen LogP contribution in [0.5, 0.6) is 0 Å². The van der Waals surface area contributed by atoms with Crippen LogP contribution in [0.1, 0.15) is 29.4 Å². The summed E-state index contributed by atoms with van der Waals surface area (Å²) in [6.07, 6.45) is 6.34. The molecule has 4 rings (SSSR count). The summed E-state index contributed by atoms with van der Waals surface area (Å²) < 4.78 is 2.23. The molecule has 3 aromatic carbocycles. The zero-order valence-electron chi connectivity index (χ0n) is 18.1. The van der Waals surface area contributed by atoms with Crippen molar-refractivity contribution in [2.45, 2.75) is 19.0 Å². The number of carbonyl (C=O) groups is 1. The van der Waals surface area contributed by atoms with Gasteiger partial charge in [-0.2, -0.15) is 11.8 Å². The molecule has 1 atom stereocenters. The Labute approximate surface area is 193 Å². The van der Waals surface area contributed by atoms with E-state index >= 15 is 0 Å². The van der Waals surface area contributed by atoms with Gasteiger partial charge < -0.3 is 9.88 Å². The minimum Gasteiger partial charge on any atom is -0.343 e. The molecule has 0 radical (unpaired) electrons. The average molecular weight is 442 g/mol. The maximum absolute atomic E-state index is 12.8. The predicted molar refractivity (Wildman–Crippen MR) is 135 cm³/mol. The first kappa shape index (κ1) is 21.9. The van der Waals surface area contributed by atoms with Gasteiger partial charge in [-0.3, -0.25) is 4.79 Å². The number of rotatable bonds is 9. The third-order valence-corrected chi connectivity index (χ3v) is 5.98. The highest BCUT2D eigenvalue weighted by molar-refractivity contribution is 7.98. The van der Waals surface area contributed by atoms with E-state index in [1.165, 1.54) is 5.56 Å². The number of benzene rings is 3. The Balaban J connectivity index is 1.65. The van der Waals surface area contributed by atoms with Gasteiger partial charge in [0.05, 0.1) is 17.1 Å². The smallest absolute Gasteiger partial charge is 0.244 e. The number of nitrogens with zero attached hydrogens (tertiary/aromatic N) is 2. The van der Waals surface area contributed by atoms with E-state index in [4.69, 9.17) is 4.98 Å². The summed E-state index contributed by atoms with van der Waals surface area (Å²) in [4.78, 5) is 17.8. The Kier molecular flexibility index (Phi) is 7.41. The van der Waals surface area contributed by atoms with E-state index in [0.717, 1.165) is 34.6 Å². The summed E-state index contributed by atoms with van der Waals surface area (Å²) in [5.41, 5.74) is 4.23. The van der Waals surface area contributed by atoms with Crippen molar-refractivity contribution in [3.63, 3.8) is 0 Å². The van der Waals surface area contributed by atoms with E-state index in [1.807, 2.05) is 60.7 Å². The highest BCUT2D eigenvalue weighted by atomic mass is 32.2. The number of amides is 1. The molecule has 1 N–H and O–H groups in total.